The number of piperidine rings is 1. The lowest BCUT2D eigenvalue weighted by Crippen LogP contribution is -2.27. The van der Waals surface area contributed by atoms with Gasteiger partial charge in [0.2, 0.25) is 0 Å². The summed E-state index contributed by atoms with van der Waals surface area (Å²) in [6.07, 6.45) is 1.95. The van der Waals surface area contributed by atoms with Crippen LogP contribution in [0.5, 0.6) is 0 Å². The molecule has 1 aromatic carbocycles. The van der Waals surface area contributed by atoms with Crippen LogP contribution in [0.3, 0.4) is 0 Å². The minimum atomic E-state index is -0.601. The fourth-order valence-corrected chi connectivity index (χ4v) is 2.35. The highest BCUT2D eigenvalue weighted by atomic mass is 19.1. The Morgan fingerprint density at radius 2 is 1.94 bits per heavy atom. The number of imidazole rings is 1. The predicted molar refractivity (Wildman–Crippen MR) is 60.9 cm³/mol. The molecule has 1 aliphatic heterocycles. The van der Waals surface area contributed by atoms with Gasteiger partial charge in [-0.3, -0.25) is 0 Å². The fraction of sp³-hybridized carbons (Fsp3) is 0.417. The molecule has 3 rings (SSSR count). The molecule has 0 bridgehead atoms. The summed E-state index contributed by atoms with van der Waals surface area (Å²) in [5.41, 5.74) is 0.677. The van der Waals surface area contributed by atoms with Crippen LogP contribution in [0.1, 0.15) is 24.6 Å². The zero-order chi connectivity index (χ0) is 11.8. The number of hydrogen-bond donors (Lipinski definition) is 2. The molecule has 0 aliphatic carbocycles. The standard InChI is InChI=1S/C12H13F2N3/c13-8-5-9(14)11-10(6-8)16-12(17-11)7-1-3-15-4-2-7/h5-7,15H,1-4H2,(H,16,17). The number of nitrogens with zero attached hydrogens (tertiary/aromatic N) is 1. The van der Waals surface area contributed by atoms with Crippen molar-refractivity contribution in [2.75, 3.05) is 13.1 Å². The molecule has 2 heterocycles. The topological polar surface area (TPSA) is 40.7 Å². The van der Waals surface area contributed by atoms with Gasteiger partial charge in [-0.25, -0.2) is 13.8 Å². The van der Waals surface area contributed by atoms with Gasteiger partial charge in [-0.15, -0.1) is 0 Å². The number of hydrogen-bond acceptors (Lipinski definition) is 2. The van der Waals surface area contributed by atoms with E-state index in [0.717, 1.165) is 37.8 Å². The number of benzene rings is 1. The lowest BCUT2D eigenvalue weighted by Gasteiger charge is -2.20. The predicted octanol–water partition coefficient (Wildman–Crippen LogP) is 2.31. The van der Waals surface area contributed by atoms with Crippen LogP contribution in [0.4, 0.5) is 8.78 Å². The number of aromatic amines is 1. The van der Waals surface area contributed by atoms with Gasteiger partial charge in [-0.2, -0.15) is 0 Å². The third-order valence-corrected chi connectivity index (χ3v) is 3.25. The molecule has 5 heteroatoms. The molecule has 0 atom stereocenters. The Kier molecular flexibility index (Phi) is 2.55. The van der Waals surface area contributed by atoms with E-state index in [0.29, 0.717) is 11.4 Å². The summed E-state index contributed by atoms with van der Waals surface area (Å²) in [7, 11) is 0. The van der Waals surface area contributed by atoms with Crippen molar-refractivity contribution in [3.63, 3.8) is 0 Å². The van der Waals surface area contributed by atoms with Crippen LogP contribution < -0.4 is 5.32 Å². The van der Waals surface area contributed by atoms with Gasteiger partial charge < -0.3 is 10.3 Å². The minimum Gasteiger partial charge on any atom is -0.342 e. The normalized spacial score (nSPS) is 17.8. The van der Waals surface area contributed by atoms with Crippen LogP contribution in [-0.4, -0.2) is 23.1 Å². The highest BCUT2D eigenvalue weighted by Crippen LogP contribution is 2.26. The number of fused-ring (bicyclic) bond motifs is 1. The van der Waals surface area contributed by atoms with E-state index in [1.54, 1.807) is 0 Å². The van der Waals surface area contributed by atoms with Crippen LogP contribution in [0.2, 0.25) is 0 Å². The van der Waals surface area contributed by atoms with Crippen molar-refractivity contribution in [2.24, 2.45) is 0 Å². The molecule has 0 amide bonds. The van der Waals surface area contributed by atoms with Crippen molar-refractivity contribution >= 4 is 11.0 Å². The van der Waals surface area contributed by atoms with E-state index in [4.69, 9.17) is 0 Å². The Morgan fingerprint density at radius 3 is 2.71 bits per heavy atom. The van der Waals surface area contributed by atoms with Gasteiger partial charge in [0, 0.05) is 12.0 Å². The molecular weight excluding hydrogens is 224 g/mol. The van der Waals surface area contributed by atoms with E-state index < -0.39 is 11.6 Å². The molecule has 0 radical (unpaired) electrons. The molecule has 0 saturated carbocycles. The van der Waals surface area contributed by atoms with Gasteiger partial charge >= 0.3 is 0 Å². The van der Waals surface area contributed by atoms with Crippen LogP contribution in [-0.2, 0) is 0 Å². The molecule has 1 saturated heterocycles. The number of H-pyrrole nitrogens is 1. The highest BCUT2D eigenvalue weighted by Gasteiger charge is 2.19. The van der Waals surface area contributed by atoms with E-state index in [-0.39, 0.29) is 5.52 Å². The van der Waals surface area contributed by atoms with Crippen LogP contribution in [0.15, 0.2) is 12.1 Å². The van der Waals surface area contributed by atoms with E-state index >= 15 is 0 Å². The minimum absolute atomic E-state index is 0.236. The second-order valence-electron chi connectivity index (χ2n) is 4.43. The van der Waals surface area contributed by atoms with E-state index in [1.807, 2.05) is 0 Å². The van der Waals surface area contributed by atoms with Crippen molar-refractivity contribution in [1.29, 1.82) is 0 Å². The van der Waals surface area contributed by atoms with E-state index in [9.17, 15) is 8.78 Å². The van der Waals surface area contributed by atoms with Crippen molar-refractivity contribution in [1.82, 2.24) is 15.3 Å². The third kappa shape index (κ3) is 1.91. The SMILES string of the molecule is Fc1cc(F)c2nc(C3CCNCC3)[nH]c2c1. The first kappa shape index (κ1) is 10.7. The summed E-state index contributed by atoms with van der Waals surface area (Å²) in [5.74, 6) is -0.0935. The summed E-state index contributed by atoms with van der Waals surface area (Å²) in [6, 6.07) is 2.16. The van der Waals surface area contributed by atoms with Gasteiger partial charge in [-0.05, 0) is 32.0 Å². The van der Waals surface area contributed by atoms with Crippen molar-refractivity contribution in [3.8, 4) is 0 Å². The molecule has 0 unspecified atom stereocenters. The van der Waals surface area contributed by atoms with Gasteiger partial charge in [-0.1, -0.05) is 0 Å². The van der Waals surface area contributed by atoms with Crippen molar-refractivity contribution < 1.29 is 8.78 Å². The molecule has 1 aromatic heterocycles. The average Bonchev–Trinajstić information content (AvgIpc) is 2.74. The first-order chi connectivity index (χ1) is 8.24. The van der Waals surface area contributed by atoms with Crippen molar-refractivity contribution in [3.05, 3.63) is 29.6 Å². The molecule has 2 N–H and O–H groups in total. The maximum Gasteiger partial charge on any atom is 0.153 e. The maximum atomic E-state index is 13.5. The van der Waals surface area contributed by atoms with E-state index in [2.05, 4.69) is 15.3 Å². The summed E-state index contributed by atoms with van der Waals surface area (Å²) < 4.78 is 26.5. The molecule has 2 aromatic rings. The number of rotatable bonds is 1. The van der Waals surface area contributed by atoms with Gasteiger partial charge in [0.15, 0.2) is 5.82 Å². The second-order valence-corrected chi connectivity index (χ2v) is 4.43. The zero-order valence-electron chi connectivity index (χ0n) is 9.26. The summed E-state index contributed by atoms with van der Waals surface area (Å²) >= 11 is 0. The maximum absolute atomic E-state index is 13.5. The largest absolute Gasteiger partial charge is 0.342 e. The Morgan fingerprint density at radius 1 is 1.18 bits per heavy atom. The first-order valence-corrected chi connectivity index (χ1v) is 5.79. The fourth-order valence-electron chi connectivity index (χ4n) is 2.35. The van der Waals surface area contributed by atoms with Crippen LogP contribution >= 0.6 is 0 Å². The van der Waals surface area contributed by atoms with Gasteiger partial charge in [0.1, 0.15) is 17.2 Å². The summed E-state index contributed by atoms with van der Waals surface area (Å²) in [4.78, 5) is 7.28. The van der Waals surface area contributed by atoms with Crippen LogP contribution in [0, 0.1) is 11.6 Å². The molecule has 90 valence electrons. The molecule has 0 spiro atoms. The lowest BCUT2D eigenvalue weighted by molar-refractivity contribution is 0.448. The number of nitrogens with one attached hydrogen (secondary N) is 2. The lowest BCUT2D eigenvalue weighted by atomic mass is 9.98. The molecule has 1 fully saturated rings. The zero-order valence-corrected chi connectivity index (χ0v) is 9.26. The van der Waals surface area contributed by atoms with Crippen molar-refractivity contribution in [2.45, 2.75) is 18.8 Å². The third-order valence-electron chi connectivity index (χ3n) is 3.25. The molecule has 3 nitrogen and oxygen atoms in total. The monoisotopic (exact) mass is 237 g/mol. The van der Waals surface area contributed by atoms with Gasteiger partial charge in [0.25, 0.3) is 0 Å². The van der Waals surface area contributed by atoms with Gasteiger partial charge in [0.05, 0.1) is 5.52 Å². The second kappa shape index (κ2) is 4.07. The highest BCUT2D eigenvalue weighted by molar-refractivity contribution is 5.75. The molecular formula is C12H13F2N3. The average molecular weight is 237 g/mol. The van der Waals surface area contributed by atoms with E-state index in [1.165, 1.54) is 6.07 Å². The molecule has 1 aliphatic rings. The Labute approximate surface area is 97.2 Å². The summed E-state index contributed by atoms with van der Waals surface area (Å²) in [5, 5.41) is 3.26. The Balaban J connectivity index is 2.03. The van der Waals surface area contributed by atoms with Crippen LogP contribution in [0.25, 0.3) is 11.0 Å². The summed E-state index contributed by atoms with van der Waals surface area (Å²) in [6.45, 7) is 1.89. The first-order valence-electron chi connectivity index (χ1n) is 5.79. The smallest absolute Gasteiger partial charge is 0.153 e. The number of aromatic nitrogens is 2. The quantitative estimate of drug-likeness (QED) is 0.799. The number of halogens is 2. The Hall–Kier alpha value is -1.49. The Bertz CT molecular complexity index is 544. The molecule has 17 heavy (non-hydrogen) atoms.